The fourth-order valence-corrected chi connectivity index (χ4v) is 6.82. The van der Waals surface area contributed by atoms with Crippen LogP contribution in [0.1, 0.15) is 38.5 Å². The van der Waals surface area contributed by atoms with E-state index in [1.165, 1.54) is 44.6 Å². The van der Waals surface area contributed by atoms with Crippen molar-refractivity contribution in [3.05, 3.63) is 12.3 Å². The third-order valence-corrected chi connectivity index (χ3v) is 11.1. The van der Waals surface area contributed by atoms with Gasteiger partial charge in [0.1, 0.15) is 0 Å². The Kier molecular flexibility index (Phi) is 12.6. The van der Waals surface area contributed by atoms with E-state index < -0.39 is 8.07 Å². The van der Waals surface area contributed by atoms with Gasteiger partial charge in [0, 0.05) is 11.1 Å². The van der Waals surface area contributed by atoms with Crippen LogP contribution in [0.15, 0.2) is 12.3 Å². The highest BCUT2D eigenvalue weighted by atomic mass is 127. The summed E-state index contributed by atoms with van der Waals surface area (Å²) >= 11 is 5.15. The molecule has 0 radical (unpaired) electrons. The molecule has 0 amide bonds. The van der Waals surface area contributed by atoms with E-state index in [0.717, 1.165) is 1.55 Å². The maximum absolute atomic E-state index is 3.96. The summed E-state index contributed by atoms with van der Waals surface area (Å²) in [5.41, 5.74) is 2.24. The van der Waals surface area contributed by atoms with Gasteiger partial charge < -0.3 is 0 Å². The molecule has 0 aliphatic carbocycles. The Hall–Kier alpha value is 1.63. The minimum absolute atomic E-state index is 0.248. The van der Waals surface area contributed by atoms with Crippen LogP contribution in [0.5, 0.6) is 0 Å². The maximum atomic E-state index is 3.96. The first-order chi connectivity index (χ1) is 7.98. The van der Waals surface area contributed by atoms with E-state index in [-0.39, 0.29) is 9.52 Å². The molecule has 0 aliphatic rings. The fraction of sp³-hybridized carbons (Fsp3) is 0.846. The van der Waals surface area contributed by atoms with Crippen molar-refractivity contribution in [1.29, 1.82) is 0 Å². The van der Waals surface area contributed by atoms with Gasteiger partial charge in [-0.15, -0.1) is 12.3 Å². The molecule has 0 bridgehead atoms. The molecule has 0 N–H and O–H groups in total. The van der Waals surface area contributed by atoms with Gasteiger partial charge in [0.2, 0.25) is 0 Å². The number of hydrogen-bond acceptors (Lipinski definition) is 0. The normalized spacial score (nSPS) is 12.8. The van der Waals surface area contributed by atoms with Crippen molar-refractivity contribution in [2.45, 2.75) is 65.3 Å². The van der Waals surface area contributed by atoms with Gasteiger partial charge in [-0.1, -0.05) is 109 Å². The molecule has 0 rings (SSSR count). The van der Waals surface area contributed by atoms with Gasteiger partial charge in [0.05, 0.1) is 8.07 Å². The number of unbranched alkanes of at least 4 members (excludes halogenated alkanes) is 5. The third kappa shape index (κ3) is 13.9. The highest BCUT2D eigenvalue weighted by molar-refractivity contribution is 14.2. The van der Waals surface area contributed by atoms with Crippen LogP contribution in [-0.2, 0) is 0 Å². The van der Waals surface area contributed by atoms with E-state index in [4.69, 9.17) is 0 Å². The van der Waals surface area contributed by atoms with Crippen LogP contribution in [0.3, 0.4) is 0 Å². The molecule has 4 heteroatoms. The van der Waals surface area contributed by atoms with Crippen LogP contribution >= 0.6 is 45.2 Å². The summed E-state index contributed by atoms with van der Waals surface area (Å²) < 4.78 is 0.969. The lowest BCUT2D eigenvalue weighted by Gasteiger charge is -2.16. The van der Waals surface area contributed by atoms with E-state index in [2.05, 4.69) is 70.6 Å². The minimum Gasteiger partial charge on any atom is -0.107 e. The summed E-state index contributed by atoms with van der Waals surface area (Å²) in [4.78, 5) is 0. The monoisotopic (exact) mass is 494 g/mol. The van der Waals surface area contributed by atoms with Gasteiger partial charge in [0.25, 0.3) is 0 Å². The van der Waals surface area contributed by atoms with Crippen LogP contribution in [0.4, 0.5) is 0 Å². The van der Waals surface area contributed by atoms with Crippen LogP contribution in [-0.4, -0.2) is 19.1 Å². The summed E-state index contributed by atoms with van der Waals surface area (Å²) in [5, 5.41) is 0. The van der Waals surface area contributed by atoms with Gasteiger partial charge in [0.15, 0.2) is 0 Å². The minimum atomic E-state index is -1.00. The second kappa shape index (κ2) is 11.5. The first-order valence-corrected chi connectivity index (χ1v) is 14.5. The van der Waals surface area contributed by atoms with Crippen molar-refractivity contribution in [3.8, 4) is 0 Å². The number of rotatable bonds is 11. The number of alkyl halides is 2. The standard InChI is InChI=1S/C13H28I2Si2/c1-4-17(2,3)12-10-8-6-5-7-9-11-16-13(14)15/h4,13H,1,5-12,16H2,2-3H3. The molecule has 0 aromatic heterocycles. The highest BCUT2D eigenvalue weighted by Crippen LogP contribution is 2.17. The van der Waals surface area contributed by atoms with Gasteiger partial charge in [-0.25, -0.2) is 0 Å². The van der Waals surface area contributed by atoms with Crippen molar-refractivity contribution < 1.29 is 0 Å². The summed E-state index contributed by atoms with van der Waals surface area (Å²) in [7, 11) is -0.755. The highest BCUT2D eigenvalue weighted by Gasteiger charge is 2.14. The van der Waals surface area contributed by atoms with Crippen molar-refractivity contribution in [2.24, 2.45) is 0 Å². The Labute approximate surface area is 139 Å². The molecule has 0 aromatic rings. The zero-order valence-electron chi connectivity index (χ0n) is 11.5. The van der Waals surface area contributed by atoms with Crippen molar-refractivity contribution in [2.75, 3.05) is 0 Å². The van der Waals surface area contributed by atoms with E-state index in [0.29, 0.717) is 0 Å². The molecule has 17 heavy (non-hydrogen) atoms. The molecule has 0 nitrogen and oxygen atoms in total. The van der Waals surface area contributed by atoms with Gasteiger partial charge in [-0.2, -0.15) is 0 Å². The molecule has 0 spiro atoms. The molecule has 0 aliphatic heterocycles. The van der Waals surface area contributed by atoms with E-state index in [1.807, 2.05) is 0 Å². The summed E-state index contributed by atoms with van der Waals surface area (Å²) in [6.45, 7) is 8.81. The largest absolute Gasteiger partial charge is 0.107 e. The third-order valence-electron chi connectivity index (χ3n) is 3.30. The van der Waals surface area contributed by atoms with Crippen molar-refractivity contribution in [1.82, 2.24) is 0 Å². The first kappa shape index (κ1) is 18.6. The Morgan fingerprint density at radius 2 is 1.59 bits per heavy atom. The topological polar surface area (TPSA) is 0 Å². The lowest BCUT2D eigenvalue weighted by molar-refractivity contribution is 0.622. The van der Waals surface area contributed by atoms with Crippen LogP contribution < -0.4 is 0 Å². The quantitative estimate of drug-likeness (QED) is 0.154. The number of halogens is 2. The molecule has 0 unspecified atom stereocenters. The molecule has 0 atom stereocenters. The average Bonchev–Trinajstić information content (AvgIpc) is 2.26. The SMILES string of the molecule is C=C[Si](C)(C)CCCCCCCC[SiH2]C(I)I. The predicted molar refractivity (Wildman–Crippen MR) is 105 cm³/mol. The first-order valence-electron chi connectivity index (χ1n) is 6.90. The van der Waals surface area contributed by atoms with Crippen molar-refractivity contribution >= 4 is 62.8 Å². The Morgan fingerprint density at radius 1 is 1.06 bits per heavy atom. The Balaban J connectivity index is 3.16. The summed E-state index contributed by atoms with van der Waals surface area (Å²) in [6.07, 6.45) is 8.79. The molecule has 0 saturated carbocycles. The van der Waals surface area contributed by atoms with Gasteiger partial charge >= 0.3 is 0 Å². The predicted octanol–water partition coefficient (Wildman–Crippen LogP) is 5.50. The lowest BCUT2D eigenvalue weighted by atomic mass is 10.1. The average molecular weight is 494 g/mol. The van der Waals surface area contributed by atoms with E-state index in [1.54, 1.807) is 6.04 Å². The van der Waals surface area contributed by atoms with Gasteiger partial charge in [-0.3, -0.25) is 0 Å². The Bertz CT molecular complexity index is 194. The van der Waals surface area contributed by atoms with E-state index >= 15 is 0 Å². The van der Waals surface area contributed by atoms with Crippen LogP contribution in [0.25, 0.3) is 0 Å². The van der Waals surface area contributed by atoms with Crippen LogP contribution in [0.2, 0.25) is 25.2 Å². The number of hydrogen-bond donors (Lipinski definition) is 0. The maximum Gasteiger partial charge on any atom is 0.0709 e. The second-order valence-electron chi connectivity index (χ2n) is 5.60. The zero-order chi connectivity index (χ0) is 13.1. The molecular weight excluding hydrogens is 466 g/mol. The van der Waals surface area contributed by atoms with Crippen molar-refractivity contribution in [3.63, 3.8) is 0 Å². The lowest BCUT2D eigenvalue weighted by Crippen LogP contribution is -2.21. The molecule has 102 valence electrons. The summed E-state index contributed by atoms with van der Waals surface area (Å²) in [5.74, 6) is 0. The van der Waals surface area contributed by atoms with Crippen LogP contribution in [0, 0.1) is 0 Å². The second-order valence-corrected chi connectivity index (χ2v) is 21.3. The molecular formula is C13H28I2Si2. The van der Waals surface area contributed by atoms with E-state index in [9.17, 15) is 0 Å². The fourth-order valence-electron chi connectivity index (χ4n) is 1.87. The van der Waals surface area contributed by atoms with Gasteiger partial charge in [-0.05, 0) is 0 Å². The smallest absolute Gasteiger partial charge is 0.0709 e. The molecule has 0 heterocycles. The zero-order valence-corrected chi connectivity index (χ0v) is 18.2. The Morgan fingerprint density at radius 3 is 2.12 bits per heavy atom. The molecule has 0 aromatic carbocycles. The summed E-state index contributed by atoms with van der Waals surface area (Å²) in [6, 6.07) is 3.00. The molecule has 0 fully saturated rings. The molecule has 0 saturated heterocycles.